The van der Waals surface area contributed by atoms with Gasteiger partial charge in [0.05, 0.1) is 0 Å². The van der Waals surface area contributed by atoms with Crippen LogP contribution < -0.4 is 15.1 Å². The zero-order valence-electron chi connectivity index (χ0n) is 15.8. The molecule has 1 amide bonds. The van der Waals surface area contributed by atoms with Gasteiger partial charge in [0.15, 0.2) is 0 Å². The molecule has 1 saturated heterocycles. The van der Waals surface area contributed by atoms with E-state index in [0.717, 1.165) is 56.1 Å². The molecule has 0 saturated carbocycles. The van der Waals surface area contributed by atoms with Gasteiger partial charge in [0.1, 0.15) is 5.69 Å². The molecule has 0 atom stereocenters. The van der Waals surface area contributed by atoms with Crippen molar-refractivity contribution in [1.29, 1.82) is 0 Å². The Labute approximate surface area is 155 Å². The molecule has 1 N–H and O–H groups in total. The van der Waals surface area contributed by atoms with Gasteiger partial charge < -0.3 is 15.1 Å². The fourth-order valence-corrected chi connectivity index (χ4v) is 3.27. The van der Waals surface area contributed by atoms with Crippen molar-refractivity contribution < 1.29 is 4.79 Å². The summed E-state index contributed by atoms with van der Waals surface area (Å²) < 4.78 is 0. The predicted octanol–water partition coefficient (Wildman–Crippen LogP) is 3.48. The topological polar surface area (TPSA) is 61.4 Å². The Hall–Kier alpha value is -2.63. The van der Waals surface area contributed by atoms with Crippen LogP contribution in [0, 0.1) is 6.92 Å². The summed E-state index contributed by atoms with van der Waals surface area (Å²) >= 11 is 0. The Kier molecular flexibility index (Phi) is 5.71. The fraction of sp³-hybridized carbons (Fsp3) is 0.450. The van der Waals surface area contributed by atoms with E-state index in [4.69, 9.17) is 0 Å². The van der Waals surface area contributed by atoms with Gasteiger partial charge in [-0.2, -0.15) is 0 Å². The monoisotopic (exact) mass is 353 g/mol. The Balaban J connectivity index is 1.73. The quantitative estimate of drug-likeness (QED) is 0.861. The molecule has 138 valence electrons. The molecule has 0 spiro atoms. The van der Waals surface area contributed by atoms with Gasteiger partial charge in [0.25, 0.3) is 5.91 Å². The highest BCUT2D eigenvalue weighted by Gasteiger charge is 2.18. The minimum absolute atomic E-state index is 0.202. The highest BCUT2D eigenvalue weighted by Crippen LogP contribution is 2.20. The van der Waals surface area contributed by atoms with Gasteiger partial charge in [-0.1, -0.05) is 0 Å². The van der Waals surface area contributed by atoms with E-state index < -0.39 is 0 Å². The van der Waals surface area contributed by atoms with Crippen molar-refractivity contribution in [3.05, 3.63) is 41.7 Å². The van der Waals surface area contributed by atoms with Crippen LogP contribution in [0.1, 0.15) is 42.9 Å². The lowest BCUT2D eigenvalue weighted by molar-refractivity contribution is 0.102. The number of nitrogens with zero attached hydrogens (tertiary/aromatic N) is 4. The molecule has 3 rings (SSSR count). The molecule has 6 nitrogen and oxygen atoms in total. The van der Waals surface area contributed by atoms with Crippen LogP contribution in [0.15, 0.2) is 30.3 Å². The number of carbonyl (C=O) groups is 1. The smallest absolute Gasteiger partial charge is 0.274 e. The molecule has 0 radical (unpaired) electrons. The molecule has 2 heterocycles. The van der Waals surface area contributed by atoms with Crippen LogP contribution in [0.5, 0.6) is 0 Å². The summed E-state index contributed by atoms with van der Waals surface area (Å²) in [5.41, 5.74) is 3.14. The van der Waals surface area contributed by atoms with Crippen LogP contribution >= 0.6 is 0 Å². The van der Waals surface area contributed by atoms with Gasteiger partial charge in [-0.05, 0) is 63.9 Å². The summed E-state index contributed by atoms with van der Waals surface area (Å²) in [6.45, 7) is 10.00. The molecule has 2 aromatic rings. The number of aryl methyl sites for hydroxylation is 1. The Morgan fingerprint density at radius 2 is 1.77 bits per heavy atom. The van der Waals surface area contributed by atoms with Gasteiger partial charge in [-0.3, -0.25) is 4.79 Å². The van der Waals surface area contributed by atoms with Crippen LogP contribution in [-0.4, -0.2) is 42.1 Å². The van der Waals surface area contributed by atoms with Crippen molar-refractivity contribution >= 4 is 23.2 Å². The van der Waals surface area contributed by atoms with E-state index in [0.29, 0.717) is 11.6 Å². The largest absolute Gasteiger partial charge is 0.372 e. The first-order chi connectivity index (χ1) is 12.6. The molecule has 1 aliphatic rings. The van der Waals surface area contributed by atoms with Gasteiger partial charge in [-0.15, -0.1) is 0 Å². The molecular formula is C20H27N5O. The fourth-order valence-electron chi connectivity index (χ4n) is 3.27. The van der Waals surface area contributed by atoms with Crippen LogP contribution in [-0.2, 0) is 0 Å². The summed E-state index contributed by atoms with van der Waals surface area (Å²) in [5.74, 6) is 0.455. The van der Waals surface area contributed by atoms with Gasteiger partial charge in [-0.25, -0.2) is 9.97 Å². The van der Waals surface area contributed by atoms with Crippen molar-refractivity contribution in [1.82, 2.24) is 9.97 Å². The molecule has 1 aliphatic heterocycles. The normalized spacial score (nSPS) is 13.7. The number of nitrogens with one attached hydrogen (secondary N) is 1. The average Bonchev–Trinajstić information content (AvgIpc) is 3.18. The molecule has 1 fully saturated rings. The second-order valence-electron chi connectivity index (χ2n) is 6.56. The second kappa shape index (κ2) is 8.17. The lowest BCUT2D eigenvalue weighted by Crippen LogP contribution is -2.23. The number of rotatable bonds is 6. The summed E-state index contributed by atoms with van der Waals surface area (Å²) in [4.78, 5) is 26.0. The molecule has 0 bridgehead atoms. The zero-order valence-corrected chi connectivity index (χ0v) is 15.8. The Morgan fingerprint density at radius 1 is 1.12 bits per heavy atom. The van der Waals surface area contributed by atoms with Crippen molar-refractivity contribution in [2.24, 2.45) is 0 Å². The third-order valence-corrected chi connectivity index (χ3v) is 4.72. The summed E-state index contributed by atoms with van der Waals surface area (Å²) in [5, 5.41) is 2.94. The summed E-state index contributed by atoms with van der Waals surface area (Å²) in [6, 6.07) is 9.66. The first-order valence-corrected chi connectivity index (χ1v) is 9.37. The average molecular weight is 353 g/mol. The van der Waals surface area contributed by atoms with E-state index >= 15 is 0 Å². The number of aromatic nitrogens is 2. The standard InChI is InChI=1S/C20H27N5O/c1-4-24(5-2)17-10-8-16(9-11-17)22-19(26)18-14-15(3)21-20(23-18)25-12-6-7-13-25/h8-11,14H,4-7,12-13H2,1-3H3,(H,22,26). The van der Waals surface area contributed by atoms with Crippen LogP contribution in [0.2, 0.25) is 0 Å². The van der Waals surface area contributed by atoms with Crippen LogP contribution in [0.25, 0.3) is 0 Å². The van der Waals surface area contributed by atoms with Crippen LogP contribution in [0.4, 0.5) is 17.3 Å². The maximum atomic E-state index is 12.6. The lowest BCUT2D eigenvalue weighted by atomic mass is 10.2. The lowest BCUT2D eigenvalue weighted by Gasteiger charge is -2.21. The molecule has 0 aliphatic carbocycles. The highest BCUT2D eigenvalue weighted by molar-refractivity contribution is 6.03. The van der Waals surface area contributed by atoms with E-state index in [-0.39, 0.29) is 5.91 Å². The van der Waals surface area contributed by atoms with E-state index in [9.17, 15) is 4.79 Å². The maximum absolute atomic E-state index is 12.6. The van der Waals surface area contributed by atoms with Crippen LogP contribution in [0.3, 0.4) is 0 Å². The number of hydrogen-bond acceptors (Lipinski definition) is 5. The Bertz CT molecular complexity index is 749. The minimum Gasteiger partial charge on any atom is -0.372 e. The maximum Gasteiger partial charge on any atom is 0.274 e. The first kappa shape index (κ1) is 18.2. The van der Waals surface area contributed by atoms with E-state index in [1.54, 1.807) is 6.07 Å². The molecule has 0 unspecified atom stereocenters. The van der Waals surface area contributed by atoms with Gasteiger partial charge in [0, 0.05) is 43.2 Å². The van der Waals surface area contributed by atoms with Crippen molar-refractivity contribution in [3.63, 3.8) is 0 Å². The second-order valence-corrected chi connectivity index (χ2v) is 6.56. The van der Waals surface area contributed by atoms with Crippen molar-refractivity contribution in [3.8, 4) is 0 Å². The SMILES string of the molecule is CCN(CC)c1ccc(NC(=O)c2cc(C)nc(N3CCCC3)n2)cc1. The number of benzene rings is 1. The summed E-state index contributed by atoms with van der Waals surface area (Å²) in [6.07, 6.45) is 2.30. The number of amides is 1. The molecule has 6 heteroatoms. The van der Waals surface area contributed by atoms with Crippen molar-refractivity contribution in [2.45, 2.75) is 33.6 Å². The third-order valence-electron chi connectivity index (χ3n) is 4.72. The minimum atomic E-state index is -0.202. The number of anilines is 3. The van der Waals surface area contributed by atoms with Crippen molar-refractivity contribution in [2.75, 3.05) is 41.3 Å². The van der Waals surface area contributed by atoms with E-state index in [1.807, 2.05) is 31.2 Å². The molecule has 26 heavy (non-hydrogen) atoms. The Morgan fingerprint density at radius 3 is 2.38 bits per heavy atom. The van der Waals surface area contributed by atoms with E-state index in [1.165, 1.54) is 0 Å². The first-order valence-electron chi connectivity index (χ1n) is 9.37. The zero-order chi connectivity index (χ0) is 18.5. The molecular weight excluding hydrogens is 326 g/mol. The highest BCUT2D eigenvalue weighted by atomic mass is 16.1. The van der Waals surface area contributed by atoms with E-state index in [2.05, 4.69) is 38.9 Å². The molecule has 1 aromatic heterocycles. The third kappa shape index (κ3) is 4.12. The molecule has 1 aromatic carbocycles. The van der Waals surface area contributed by atoms with Gasteiger partial charge in [0.2, 0.25) is 5.95 Å². The summed E-state index contributed by atoms with van der Waals surface area (Å²) in [7, 11) is 0. The number of hydrogen-bond donors (Lipinski definition) is 1. The number of carbonyl (C=O) groups excluding carboxylic acids is 1. The predicted molar refractivity (Wildman–Crippen MR) is 106 cm³/mol. The van der Waals surface area contributed by atoms with Gasteiger partial charge >= 0.3 is 0 Å².